The molecule has 0 aliphatic rings. The van der Waals surface area contributed by atoms with Crippen molar-refractivity contribution in [2.75, 3.05) is 0 Å². The van der Waals surface area contributed by atoms with Gasteiger partial charge in [0.1, 0.15) is 0 Å². The summed E-state index contributed by atoms with van der Waals surface area (Å²) < 4.78 is 0. The predicted molar refractivity (Wildman–Crippen MR) is 120 cm³/mol. The molecule has 29 heavy (non-hydrogen) atoms. The molecule has 0 aliphatic heterocycles. The van der Waals surface area contributed by atoms with Crippen molar-refractivity contribution >= 4 is 30.8 Å². The maximum Gasteiger partial charge on any atom is 0.193 e. The van der Waals surface area contributed by atoms with Crippen molar-refractivity contribution in [1.82, 2.24) is 0 Å². The number of ketones is 2. The minimum Gasteiger partial charge on any atom is -0.289 e. The fourth-order valence-corrected chi connectivity index (χ4v) is 4.53. The summed E-state index contributed by atoms with van der Waals surface area (Å²) in [6.45, 7) is 0. The van der Waals surface area contributed by atoms with Gasteiger partial charge in [0, 0.05) is 22.3 Å². The Hall–Kier alpha value is -3.35. The Balaban J connectivity index is 1.70. The summed E-state index contributed by atoms with van der Waals surface area (Å²) >= 11 is 0. The molecule has 0 heterocycles. The van der Waals surface area contributed by atoms with E-state index in [9.17, 15) is 9.59 Å². The van der Waals surface area contributed by atoms with Crippen molar-refractivity contribution in [2.24, 2.45) is 0 Å². The maximum absolute atomic E-state index is 13.0. The van der Waals surface area contributed by atoms with Crippen molar-refractivity contribution in [1.29, 1.82) is 0 Å². The van der Waals surface area contributed by atoms with E-state index in [1.165, 1.54) is 0 Å². The molecule has 0 amide bonds. The van der Waals surface area contributed by atoms with E-state index in [1.807, 2.05) is 109 Å². The van der Waals surface area contributed by atoms with Gasteiger partial charge in [0.15, 0.2) is 11.6 Å². The molecular formula is C26H19O2P. The molecule has 3 heteroatoms. The largest absolute Gasteiger partial charge is 0.289 e. The second-order valence-electron chi connectivity index (χ2n) is 6.61. The molecule has 0 radical (unpaired) electrons. The van der Waals surface area contributed by atoms with Gasteiger partial charge >= 0.3 is 0 Å². The number of hydrogen-bond acceptors (Lipinski definition) is 2. The highest BCUT2D eigenvalue weighted by Gasteiger charge is 2.17. The Morgan fingerprint density at radius 2 is 0.793 bits per heavy atom. The molecule has 0 spiro atoms. The van der Waals surface area contributed by atoms with E-state index >= 15 is 0 Å². The lowest BCUT2D eigenvalue weighted by molar-refractivity contribution is 0.103. The van der Waals surface area contributed by atoms with E-state index in [1.54, 1.807) is 0 Å². The molecule has 0 N–H and O–H groups in total. The average molecular weight is 394 g/mol. The van der Waals surface area contributed by atoms with Gasteiger partial charge in [-0.1, -0.05) is 118 Å². The Labute approximate surface area is 172 Å². The Morgan fingerprint density at radius 3 is 1.21 bits per heavy atom. The maximum atomic E-state index is 13.0. The molecule has 0 saturated heterocycles. The van der Waals surface area contributed by atoms with E-state index in [-0.39, 0.29) is 20.1 Å². The first-order chi connectivity index (χ1) is 14.2. The van der Waals surface area contributed by atoms with Crippen LogP contribution in [-0.2, 0) is 0 Å². The fourth-order valence-electron chi connectivity index (χ4n) is 3.22. The molecule has 0 saturated carbocycles. The van der Waals surface area contributed by atoms with Gasteiger partial charge in [-0.3, -0.25) is 9.59 Å². The highest BCUT2D eigenvalue weighted by Crippen LogP contribution is 2.20. The number of carbonyl (C=O) groups excluding carboxylic acids is 2. The average Bonchev–Trinajstić information content (AvgIpc) is 2.80. The molecule has 0 atom stereocenters. The van der Waals surface area contributed by atoms with Crippen LogP contribution in [0.5, 0.6) is 0 Å². The van der Waals surface area contributed by atoms with Crippen LogP contribution in [0.15, 0.2) is 109 Å². The van der Waals surface area contributed by atoms with Gasteiger partial charge < -0.3 is 0 Å². The summed E-state index contributed by atoms with van der Waals surface area (Å²) in [5, 5.41) is 1.88. The molecule has 0 fully saturated rings. The van der Waals surface area contributed by atoms with Gasteiger partial charge in [-0.25, -0.2) is 0 Å². The standard InChI is InChI=1S/C26H19O2P/c27-25(19-11-3-1-4-12-19)21-15-7-9-17-23(21)29-24-18-10-8-16-22(24)26(28)20-13-5-2-6-14-20/h1-18,29H. The van der Waals surface area contributed by atoms with Gasteiger partial charge in [-0.15, -0.1) is 0 Å². The zero-order valence-corrected chi connectivity index (χ0v) is 16.7. The summed E-state index contributed by atoms with van der Waals surface area (Å²) in [4.78, 5) is 26.1. The molecule has 2 nitrogen and oxygen atoms in total. The van der Waals surface area contributed by atoms with E-state index < -0.39 is 0 Å². The second kappa shape index (κ2) is 8.77. The van der Waals surface area contributed by atoms with E-state index in [4.69, 9.17) is 0 Å². The molecule has 140 valence electrons. The van der Waals surface area contributed by atoms with Crippen molar-refractivity contribution < 1.29 is 9.59 Å². The molecule has 4 aromatic rings. The zero-order valence-electron chi connectivity index (χ0n) is 15.7. The molecule has 4 rings (SSSR count). The lowest BCUT2D eigenvalue weighted by Crippen LogP contribution is -2.18. The Bertz CT molecular complexity index is 1060. The first kappa shape index (κ1) is 19.0. The van der Waals surface area contributed by atoms with Crippen LogP contribution in [0.25, 0.3) is 0 Å². The minimum atomic E-state index is 0.000525. The summed E-state index contributed by atoms with van der Waals surface area (Å²) in [7, 11) is 0.208. The van der Waals surface area contributed by atoms with Crippen LogP contribution in [0.1, 0.15) is 31.8 Å². The minimum absolute atomic E-state index is 0.000525. The normalized spacial score (nSPS) is 10.5. The van der Waals surface area contributed by atoms with Crippen LogP contribution in [0.4, 0.5) is 0 Å². The molecule has 0 aliphatic carbocycles. The SMILES string of the molecule is O=C(c1ccccc1)c1ccccc1Pc1ccccc1C(=O)c1ccccc1. The molecular weight excluding hydrogens is 375 g/mol. The summed E-state index contributed by atoms with van der Waals surface area (Å²) in [6.07, 6.45) is 0. The quantitative estimate of drug-likeness (QED) is 0.348. The van der Waals surface area contributed by atoms with Gasteiger partial charge in [0.2, 0.25) is 0 Å². The number of rotatable bonds is 6. The van der Waals surface area contributed by atoms with E-state index in [0.29, 0.717) is 22.3 Å². The summed E-state index contributed by atoms with van der Waals surface area (Å²) in [5.41, 5.74) is 2.69. The molecule has 4 aromatic carbocycles. The number of hydrogen-bond donors (Lipinski definition) is 0. The van der Waals surface area contributed by atoms with Gasteiger partial charge in [-0.05, 0) is 10.6 Å². The van der Waals surface area contributed by atoms with Crippen LogP contribution in [0, 0.1) is 0 Å². The second-order valence-corrected chi connectivity index (χ2v) is 7.93. The number of benzene rings is 4. The third-order valence-corrected chi connectivity index (χ3v) is 6.10. The Morgan fingerprint density at radius 1 is 0.448 bits per heavy atom. The first-order valence-electron chi connectivity index (χ1n) is 9.38. The van der Waals surface area contributed by atoms with E-state index in [2.05, 4.69) is 0 Å². The molecule has 0 unspecified atom stereocenters. The monoisotopic (exact) mass is 394 g/mol. The smallest absolute Gasteiger partial charge is 0.193 e. The molecule has 0 bridgehead atoms. The van der Waals surface area contributed by atoms with Gasteiger partial charge in [-0.2, -0.15) is 0 Å². The van der Waals surface area contributed by atoms with Crippen molar-refractivity contribution in [3.63, 3.8) is 0 Å². The predicted octanol–water partition coefficient (Wildman–Crippen LogP) is 4.78. The highest BCUT2D eigenvalue weighted by molar-refractivity contribution is 7.56. The van der Waals surface area contributed by atoms with E-state index in [0.717, 1.165) is 10.6 Å². The molecule has 0 aromatic heterocycles. The summed E-state index contributed by atoms with van der Waals surface area (Å²) in [5.74, 6) is 0.00105. The van der Waals surface area contributed by atoms with Crippen LogP contribution in [0.3, 0.4) is 0 Å². The lowest BCUT2D eigenvalue weighted by Gasteiger charge is -2.12. The van der Waals surface area contributed by atoms with Crippen LogP contribution < -0.4 is 10.6 Å². The van der Waals surface area contributed by atoms with Crippen molar-refractivity contribution in [3.8, 4) is 0 Å². The lowest BCUT2D eigenvalue weighted by atomic mass is 10.0. The Kier molecular flexibility index (Phi) is 5.74. The third kappa shape index (κ3) is 4.23. The topological polar surface area (TPSA) is 34.1 Å². The third-order valence-electron chi connectivity index (χ3n) is 4.68. The van der Waals surface area contributed by atoms with Crippen LogP contribution >= 0.6 is 8.58 Å². The van der Waals surface area contributed by atoms with Gasteiger partial charge in [0.05, 0.1) is 0 Å². The first-order valence-corrected chi connectivity index (χ1v) is 10.4. The highest BCUT2D eigenvalue weighted by atomic mass is 31.1. The van der Waals surface area contributed by atoms with Crippen molar-refractivity contribution in [3.05, 3.63) is 131 Å². The number of carbonyl (C=O) groups is 2. The fraction of sp³-hybridized carbons (Fsp3) is 0. The summed E-state index contributed by atoms with van der Waals surface area (Å²) in [6, 6.07) is 33.9. The zero-order chi connectivity index (χ0) is 20.1. The van der Waals surface area contributed by atoms with Crippen molar-refractivity contribution in [2.45, 2.75) is 0 Å². The van der Waals surface area contributed by atoms with Gasteiger partial charge in [0.25, 0.3) is 0 Å². The van der Waals surface area contributed by atoms with Crippen LogP contribution in [-0.4, -0.2) is 11.6 Å². The van der Waals surface area contributed by atoms with Crippen LogP contribution in [0.2, 0.25) is 0 Å².